The summed E-state index contributed by atoms with van der Waals surface area (Å²) in [6.45, 7) is 3.54. The normalized spacial score (nSPS) is 12.0. The number of carbonyl (C=O) groups is 2. The average molecular weight is 304 g/mol. The lowest BCUT2D eigenvalue weighted by Gasteiger charge is -2.13. The van der Waals surface area contributed by atoms with E-state index in [1.807, 2.05) is 11.4 Å². The van der Waals surface area contributed by atoms with E-state index < -0.39 is 12.0 Å². The van der Waals surface area contributed by atoms with E-state index in [9.17, 15) is 14.7 Å². The second-order valence-corrected chi connectivity index (χ2v) is 5.73. The topological polar surface area (TPSA) is 92.4 Å². The van der Waals surface area contributed by atoms with Gasteiger partial charge in [0, 0.05) is 10.6 Å². The van der Waals surface area contributed by atoms with Crippen LogP contribution in [0.1, 0.15) is 32.4 Å². The molecule has 1 aromatic carbocycles. The molecule has 1 unspecified atom stereocenters. The van der Waals surface area contributed by atoms with Crippen LogP contribution >= 0.6 is 11.3 Å². The van der Waals surface area contributed by atoms with Gasteiger partial charge < -0.3 is 16.2 Å². The third-order valence-electron chi connectivity index (χ3n) is 3.30. The van der Waals surface area contributed by atoms with E-state index in [2.05, 4.69) is 5.32 Å². The van der Waals surface area contributed by atoms with Crippen molar-refractivity contribution in [1.29, 1.82) is 0 Å². The summed E-state index contributed by atoms with van der Waals surface area (Å²) < 4.78 is 0. The second-order valence-electron chi connectivity index (χ2n) is 4.75. The molecule has 0 aliphatic rings. The fourth-order valence-corrected chi connectivity index (χ4v) is 2.70. The van der Waals surface area contributed by atoms with Crippen molar-refractivity contribution in [3.8, 4) is 0 Å². The van der Waals surface area contributed by atoms with E-state index in [0.29, 0.717) is 11.3 Å². The predicted molar refractivity (Wildman–Crippen MR) is 82.8 cm³/mol. The van der Waals surface area contributed by atoms with E-state index >= 15 is 0 Å². The lowest BCUT2D eigenvalue weighted by Crippen LogP contribution is -2.27. The molecule has 1 atom stereocenters. The summed E-state index contributed by atoms with van der Waals surface area (Å²) in [6.07, 6.45) is 0. The third-order valence-corrected chi connectivity index (χ3v) is 4.25. The number of benzene rings is 1. The summed E-state index contributed by atoms with van der Waals surface area (Å²) in [4.78, 5) is 24.1. The molecule has 2 aromatic rings. The molecule has 0 radical (unpaired) electrons. The number of nitrogens with one attached hydrogen (secondary N) is 1. The van der Waals surface area contributed by atoms with E-state index in [1.165, 1.54) is 17.4 Å². The van der Waals surface area contributed by atoms with Gasteiger partial charge in [0.05, 0.1) is 5.56 Å². The number of amides is 1. The van der Waals surface area contributed by atoms with E-state index in [0.717, 1.165) is 10.4 Å². The van der Waals surface area contributed by atoms with Crippen molar-refractivity contribution in [1.82, 2.24) is 0 Å². The average Bonchev–Trinajstić information content (AvgIpc) is 2.95. The van der Waals surface area contributed by atoms with Crippen molar-refractivity contribution in [2.24, 2.45) is 5.73 Å². The Morgan fingerprint density at radius 3 is 2.62 bits per heavy atom. The van der Waals surface area contributed by atoms with Crippen LogP contribution in [0.5, 0.6) is 0 Å². The number of hydrogen-bond donors (Lipinski definition) is 3. The first kappa shape index (κ1) is 15.2. The quantitative estimate of drug-likeness (QED) is 0.809. The smallest absolute Gasteiger partial charge is 0.336 e. The van der Waals surface area contributed by atoms with Gasteiger partial charge in [-0.15, -0.1) is 11.3 Å². The highest BCUT2D eigenvalue weighted by atomic mass is 32.1. The summed E-state index contributed by atoms with van der Waals surface area (Å²) in [5.74, 6) is -1.38. The molecule has 5 nitrogen and oxygen atoms in total. The summed E-state index contributed by atoms with van der Waals surface area (Å²) in [5, 5.41) is 13.7. The molecule has 2 rings (SSSR count). The predicted octanol–water partition coefficient (Wildman–Crippen LogP) is 2.70. The van der Waals surface area contributed by atoms with E-state index in [1.54, 1.807) is 26.0 Å². The Hall–Kier alpha value is -2.18. The number of hydrogen-bond acceptors (Lipinski definition) is 4. The highest BCUT2D eigenvalue weighted by Gasteiger charge is 2.18. The van der Waals surface area contributed by atoms with Crippen LogP contribution in [0.15, 0.2) is 29.6 Å². The molecular formula is C15H16N2O3S. The van der Waals surface area contributed by atoms with Gasteiger partial charge in [0.25, 0.3) is 0 Å². The molecule has 0 aliphatic heterocycles. The lowest BCUT2D eigenvalue weighted by atomic mass is 10.0. The summed E-state index contributed by atoms with van der Waals surface area (Å²) in [5.41, 5.74) is 7.98. The van der Waals surface area contributed by atoms with Gasteiger partial charge in [-0.3, -0.25) is 4.79 Å². The molecule has 1 amide bonds. The summed E-state index contributed by atoms with van der Waals surface area (Å²) >= 11 is 1.40. The number of nitrogens with two attached hydrogens (primary N) is 1. The zero-order valence-corrected chi connectivity index (χ0v) is 12.5. The van der Waals surface area contributed by atoms with Gasteiger partial charge in [-0.25, -0.2) is 4.79 Å². The molecule has 0 fully saturated rings. The first-order valence-corrected chi connectivity index (χ1v) is 7.22. The first-order chi connectivity index (χ1) is 9.90. The van der Waals surface area contributed by atoms with Crippen LogP contribution in [0.25, 0.3) is 0 Å². The molecular weight excluding hydrogens is 288 g/mol. The van der Waals surface area contributed by atoms with Crippen molar-refractivity contribution in [2.75, 3.05) is 5.32 Å². The Morgan fingerprint density at radius 1 is 1.33 bits per heavy atom. The number of aromatic carboxylic acids is 1. The molecule has 6 heteroatoms. The van der Waals surface area contributed by atoms with Crippen LogP contribution in [0, 0.1) is 13.8 Å². The van der Waals surface area contributed by atoms with Gasteiger partial charge in [-0.05, 0) is 48.6 Å². The van der Waals surface area contributed by atoms with Crippen molar-refractivity contribution in [3.05, 3.63) is 51.2 Å². The number of aryl methyl sites for hydroxylation is 1. The fourth-order valence-electron chi connectivity index (χ4n) is 1.97. The highest BCUT2D eigenvalue weighted by Crippen LogP contribution is 2.22. The van der Waals surface area contributed by atoms with Crippen LogP contribution in [0.2, 0.25) is 0 Å². The maximum absolute atomic E-state index is 12.1. The van der Waals surface area contributed by atoms with Gasteiger partial charge in [-0.1, -0.05) is 6.07 Å². The molecule has 0 spiro atoms. The van der Waals surface area contributed by atoms with Gasteiger partial charge in [0.2, 0.25) is 5.91 Å². The van der Waals surface area contributed by atoms with E-state index in [4.69, 9.17) is 5.73 Å². The molecule has 0 bridgehead atoms. The standard InChI is InChI=1S/C15H16N2O3S/c1-8-6-10(7-11(9(8)2)15(19)20)17-14(18)13(16)12-4-3-5-21-12/h3-7,13H,16H2,1-2H3,(H,17,18)(H,19,20). The molecule has 0 saturated heterocycles. The Morgan fingerprint density at radius 2 is 2.05 bits per heavy atom. The number of thiophene rings is 1. The van der Waals surface area contributed by atoms with Crippen molar-refractivity contribution in [2.45, 2.75) is 19.9 Å². The Bertz CT molecular complexity index is 680. The van der Waals surface area contributed by atoms with Gasteiger partial charge >= 0.3 is 5.97 Å². The number of anilines is 1. The van der Waals surface area contributed by atoms with Gasteiger partial charge in [-0.2, -0.15) is 0 Å². The maximum Gasteiger partial charge on any atom is 0.336 e. The van der Waals surface area contributed by atoms with Crippen LogP contribution in [-0.4, -0.2) is 17.0 Å². The molecule has 0 saturated carbocycles. The minimum Gasteiger partial charge on any atom is -0.478 e. The zero-order valence-electron chi connectivity index (χ0n) is 11.7. The monoisotopic (exact) mass is 304 g/mol. The largest absolute Gasteiger partial charge is 0.478 e. The number of carboxylic acids is 1. The van der Waals surface area contributed by atoms with Gasteiger partial charge in [0.1, 0.15) is 6.04 Å². The Kier molecular flexibility index (Phi) is 4.40. The SMILES string of the molecule is Cc1cc(NC(=O)C(N)c2cccs2)cc(C(=O)O)c1C. The molecule has 4 N–H and O–H groups in total. The number of carbonyl (C=O) groups excluding carboxylic acids is 1. The summed E-state index contributed by atoms with van der Waals surface area (Å²) in [7, 11) is 0. The fraction of sp³-hybridized carbons (Fsp3) is 0.200. The molecule has 21 heavy (non-hydrogen) atoms. The van der Waals surface area contributed by atoms with Crippen molar-refractivity contribution in [3.63, 3.8) is 0 Å². The molecule has 1 aromatic heterocycles. The lowest BCUT2D eigenvalue weighted by molar-refractivity contribution is -0.117. The zero-order chi connectivity index (χ0) is 15.6. The number of carboxylic acid groups (broad SMARTS) is 1. The molecule has 1 heterocycles. The number of rotatable bonds is 4. The highest BCUT2D eigenvalue weighted by molar-refractivity contribution is 7.10. The van der Waals surface area contributed by atoms with Crippen LogP contribution < -0.4 is 11.1 Å². The third kappa shape index (κ3) is 3.29. The van der Waals surface area contributed by atoms with Crippen molar-refractivity contribution < 1.29 is 14.7 Å². The van der Waals surface area contributed by atoms with Crippen LogP contribution in [0.4, 0.5) is 5.69 Å². The van der Waals surface area contributed by atoms with Gasteiger partial charge in [0.15, 0.2) is 0 Å². The van der Waals surface area contributed by atoms with Crippen LogP contribution in [0.3, 0.4) is 0 Å². The summed E-state index contributed by atoms with van der Waals surface area (Å²) in [6, 6.07) is 6.04. The second kappa shape index (κ2) is 6.07. The maximum atomic E-state index is 12.1. The Balaban J connectivity index is 2.24. The minimum absolute atomic E-state index is 0.176. The minimum atomic E-state index is -1.02. The first-order valence-electron chi connectivity index (χ1n) is 6.34. The molecule has 0 aliphatic carbocycles. The van der Waals surface area contributed by atoms with E-state index in [-0.39, 0.29) is 11.5 Å². The van der Waals surface area contributed by atoms with Crippen molar-refractivity contribution >= 4 is 28.9 Å². The molecule has 110 valence electrons. The Labute approximate surface area is 126 Å². The van der Waals surface area contributed by atoms with Crippen LogP contribution in [-0.2, 0) is 4.79 Å².